The lowest BCUT2D eigenvalue weighted by atomic mass is 10.2. The predicted molar refractivity (Wildman–Crippen MR) is 75.9 cm³/mol. The van der Waals surface area contributed by atoms with Crippen molar-refractivity contribution in [1.29, 1.82) is 0 Å². The van der Waals surface area contributed by atoms with E-state index in [2.05, 4.69) is 21.7 Å². The van der Waals surface area contributed by atoms with Crippen LogP contribution in [0, 0.1) is 6.92 Å². The zero-order valence-corrected chi connectivity index (χ0v) is 10.9. The van der Waals surface area contributed by atoms with Crippen LogP contribution in [-0.4, -0.2) is 28.6 Å². The third-order valence-corrected chi connectivity index (χ3v) is 4.00. The van der Waals surface area contributed by atoms with Crippen LogP contribution in [0.2, 0.25) is 0 Å². The van der Waals surface area contributed by atoms with Gasteiger partial charge >= 0.3 is 0 Å². The van der Waals surface area contributed by atoms with Crippen LogP contribution < -0.4 is 10.6 Å². The second kappa shape index (κ2) is 4.66. The molecule has 1 saturated heterocycles. The Morgan fingerprint density at radius 2 is 2.33 bits per heavy atom. The van der Waals surface area contributed by atoms with Crippen LogP contribution in [0.3, 0.4) is 0 Å². The fourth-order valence-corrected chi connectivity index (χ4v) is 3.09. The monoisotopic (exact) mass is 261 g/mol. The summed E-state index contributed by atoms with van der Waals surface area (Å²) in [5.74, 6) is 1.75. The number of benzene rings is 1. The molecule has 1 aliphatic heterocycles. The van der Waals surface area contributed by atoms with Crippen molar-refractivity contribution < 1.29 is 4.79 Å². The van der Waals surface area contributed by atoms with E-state index in [0.717, 1.165) is 33.9 Å². The third kappa shape index (κ3) is 2.23. The highest BCUT2D eigenvalue weighted by Gasteiger charge is 2.22. The van der Waals surface area contributed by atoms with Gasteiger partial charge in [0, 0.05) is 33.9 Å². The molecule has 1 aromatic heterocycles. The summed E-state index contributed by atoms with van der Waals surface area (Å²) in [4.78, 5) is 15.2. The Kier molecular flexibility index (Phi) is 3.01. The number of carbonyl (C=O) groups excluding carboxylic acids is 1. The number of hydrogen-bond donors (Lipinski definition) is 3. The number of aromatic amines is 1. The maximum absolute atomic E-state index is 12.0. The van der Waals surface area contributed by atoms with Gasteiger partial charge in [-0.05, 0) is 31.2 Å². The lowest BCUT2D eigenvalue weighted by Gasteiger charge is -2.10. The molecule has 4 nitrogen and oxygen atoms in total. The first-order chi connectivity index (χ1) is 8.72. The first-order valence-corrected chi connectivity index (χ1v) is 7.09. The molecule has 18 heavy (non-hydrogen) atoms. The normalized spacial score (nSPS) is 19.3. The summed E-state index contributed by atoms with van der Waals surface area (Å²) >= 11 is 1.75. The Morgan fingerprint density at radius 1 is 1.44 bits per heavy atom. The SMILES string of the molecule is Cc1cc2cc(NC(=O)C3CSCN3)ccc2[nH]1. The molecule has 1 aromatic carbocycles. The maximum Gasteiger partial charge on any atom is 0.242 e. The highest BCUT2D eigenvalue weighted by molar-refractivity contribution is 7.99. The summed E-state index contributed by atoms with van der Waals surface area (Å²) in [6.45, 7) is 2.03. The van der Waals surface area contributed by atoms with Crippen molar-refractivity contribution in [1.82, 2.24) is 10.3 Å². The molecule has 0 saturated carbocycles. The average Bonchev–Trinajstić information content (AvgIpc) is 2.95. The fourth-order valence-electron chi connectivity index (χ4n) is 2.15. The number of H-pyrrole nitrogens is 1. The molecule has 2 aromatic rings. The Morgan fingerprint density at radius 3 is 3.11 bits per heavy atom. The van der Waals surface area contributed by atoms with Crippen LogP contribution in [0.4, 0.5) is 5.69 Å². The largest absolute Gasteiger partial charge is 0.359 e. The van der Waals surface area contributed by atoms with Gasteiger partial charge in [0.2, 0.25) is 5.91 Å². The molecule has 1 amide bonds. The Labute approximate surface area is 110 Å². The quantitative estimate of drug-likeness (QED) is 0.775. The fraction of sp³-hybridized carbons (Fsp3) is 0.308. The van der Waals surface area contributed by atoms with Crippen molar-refractivity contribution in [3.8, 4) is 0 Å². The minimum absolute atomic E-state index is 0.0478. The van der Waals surface area contributed by atoms with Gasteiger partial charge in [-0.2, -0.15) is 0 Å². The number of fused-ring (bicyclic) bond motifs is 1. The van der Waals surface area contributed by atoms with E-state index in [0.29, 0.717) is 0 Å². The standard InChI is InChI=1S/C13H15N3OS/c1-8-4-9-5-10(2-3-11(9)15-8)16-13(17)12-6-18-7-14-12/h2-5,12,14-15H,6-7H2,1H3,(H,16,17). The topological polar surface area (TPSA) is 56.9 Å². The van der Waals surface area contributed by atoms with E-state index in [4.69, 9.17) is 0 Å². The molecule has 0 bridgehead atoms. The lowest BCUT2D eigenvalue weighted by molar-refractivity contribution is -0.117. The summed E-state index contributed by atoms with van der Waals surface area (Å²) in [6.07, 6.45) is 0. The average molecular weight is 261 g/mol. The van der Waals surface area contributed by atoms with Crippen LogP contribution >= 0.6 is 11.8 Å². The number of hydrogen-bond acceptors (Lipinski definition) is 3. The Hall–Kier alpha value is -1.46. The highest BCUT2D eigenvalue weighted by Crippen LogP contribution is 2.20. The van der Waals surface area contributed by atoms with Crippen molar-refractivity contribution in [2.45, 2.75) is 13.0 Å². The van der Waals surface area contributed by atoms with Gasteiger partial charge < -0.3 is 10.3 Å². The summed E-state index contributed by atoms with van der Waals surface area (Å²) in [5, 5.41) is 7.24. The number of aryl methyl sites for hydroxylation is 1. The smallest absolute Gasteiger partial charge is 0.242 e. The molecule has 1 unspecified atom stereocenters. The van der Waals surface area contributed by atoms with Crippen LogP contribution in [0.1, 0.15) is 5.69 Å². The molecule has 0 spiro atoms. The molecule has 0 aliphatic carbocycles. The van der Waals surface area contributed by atoms with Gasteiger partial charge in [-0.25, -0.2) is 0 Å². The van der Waals surface area contributed by atoms with Gasteiger partial charge in [0.15, 0.2) is 0 Å². The number of anilines is 1. The first-order valence-electron chi connectivity index (χ1n) is 5.94. The molecular weight excluding hydrogens is 246 g/mol. The molecule has 5 heteroatoms. The number of carbonyl (C=O) groups is 1. The second-order valence-corrected chi connectivity index (χ2v) is 5.55. The highest BCUT2D eigenvalue weighted by atomic mass is 32.2. The van der Waals surface area contributed by atoms with Crippen molar-refractivity contribution in [2.75, 3.05) is 16.9 Å². The number of nitrogens with one attached hydrogen (secondary N) is 3. The van der Waals surface area contributed by atoms with Crippen LogP contribution in [0.25, 0.3) is 10.9 Å². The summed E-state index contributed by atoms with van der Waals surface area (Å²) in [6, 6.07) is 7.93. The molecule has 1 atom stereocenters. The summed E-state index contributed by atoms with van der Waals surface area (Å²) in [5.41, 5.74) is 3.08. The Balaban J connectivity index is 1.79. The number of rotatable bonds is 2. The third-order valence-electron chi connectivity index (χ3n) is 3.06. The van der Waals surface area contributed by atoms with E-state index in [1.54, 1.807) is 11.8 Å². The maximum atomic E-state index is 12.0. The van der Waals surface area contributed by atoms with Gasteiger partial charge in [-0.15, -0.1) is 11.8 Å². The molecule has 1 fully saturated rings. The van der Waals surface area contributed by atoms with E-state index in [1.165, 1.54) is 0 Å². The molecular formula is C13H15N3OS. The van der Waals surface area contributed by atoms with Crippen LogP contribution in [-0.2, 0) is 4.79 Å². The molecule has 2 heterocycles. The zero-order chi connectivity index (χ0) is 12.5. The minimum Gasteiger partial charge on any atom is -0.359 e. The first kappa shape index (κ1) is 11.6. The number of aromatic nitrogens is 1. The summed E-state index contributed by atoms with van der Waals surface area (Å²) in [7, 11) is 0. The number of thioether (sulfide) groups is 1. The van der Waals surface area contributed by atoms with Crippen molar-refractivity contribution in [2.24, 2.45) is 0 Å². The molecule has 0 radical (unpaired) electrons. The number of amides is 1. The van der Waals surface area contributed by atoms with Gasteiger partial charge in [0.1, 0.15) is 0 Å². The van der Waals surface area contributed by atoms with Crippen LogP contribution in [0.5, 0.6) is 0 Å². The Bertz CT molecular complexity index is 587. The minimum atomic E-state index is -0.0707. The predicted octanol–water partition coefficient (Wildman–Crippen LogP) is 2.08. The van der Waals surface area contributed by atoms with Gasteiger partial charge in [0.25, 0.3) is 0 Å². The second-order valence-electron chi connectivity index (χ2n) is 4.52. The van der Waals surface area contributed by atoms with Gasteiger partial charge in [-0.3, -0.25) is 10.1 Å². The zero-order valence-electron chi connectivity index (χ0n) is 10.1. The van der Waals surface area contributed by atoms with E-state index >= 15 is 0 Å². The van der Waals surface area contributed by atoms with E-state index in [9.17, 15) is 4.79 Å². The molecule has 1 aliphatic rings. The summed E-state index contributed by atoms with van der Waals surface area (Å²) < 4.78 is 0. The molecule has 3 rings (SSSR count). The van der Waals surface area contributed by atoms with Crippen molar-refractivity contribution >= 4 is 34.3 Å². The van der Waals surface area contributed by atoms with Gasteiger partial charge in [0.05, 0.1) is 6.04 Å². The van der Waals surface area contributed by atoms with Gasteiger partial charge in [-0.1, -0.05) is 0 Å². The van der Waals surface area contributed by atoms with Crippen molar-refractivity contribution in [3.05, 3.63) is 30.0 Å². The lowest BCUT2D eigenvalue weighted by Crippen LogP contribution is -2.37. The van der Waals surface area contributed by atoms with E-state index in [1.807, 2.05) is 25.1 Å². The molecule has 94 valence electrons. The molecule has 3 N–H and O–H groups in total. The van der Waals surface area contributed by atoms with E-state index < -0.39 is 0 Å². The van der Waals surface area contributed by atoms with E-state index in [-0.39, 0.29) is 11.9 Å². The van der Waals surface area contributed by atoms with Crippen molar-refractivity contribution in [3.63, 3.8) is 0 Å². The van der Waals surface area contributed by atoms with Crippen LogP contribution in [0.15, 0.2) is 24.3 Å².